The second-order valence-corrected chi connectivity index (χ2v) is 4.56. The molecule has 5 heteroatoms. The second-order valence-electron chi connectivity index (χ2n) is 3.70. The number of nitrogens with two attached hydrogens (primary N) is 1. The summed E-state index contributed by atoms with van der Waals surface area (Å²) >= 11 is 3.43. The Kier molecular flexibility index (Phi) is 8.21. The molecule has 0 saturated heterocycles. The molecule has 3 nitrogen and oxygen atoms in total. The molecular formula is C12H18BrClN2O. The number of hydrogen-bond acceptors (Lipinski definition) is 2. The van der Waals surface area contributed by atoms with Gasteiger partial charge in [-0.3, -0.25) is 4.79 Å². The van der Waals surface area contributed by atoms with E-state index in [1.165, 1.54) is 0 Å². The molecule has 1 rings (SSSR count). The van der Waals surface area contributed by atoms with Gasteiger partial charge in [-0.1, -0.05) is 47.5 Å². The lowest BCUT2D eigenvalue weighted by molar-refractivity contribution is -0.122. The Morgan fingerprint density at radius 2 is 2.12 bits per heavy atom. The maximum absolute atomic E-state index is 11.6. The molecule has 0 aliphatic heterocycles. The molecule has 0 radical (unpaired) electrons. The van der Waals surface area contributed by atoms with Crippen molar-refractivity contribution in [2.24, 2.45) is 5.73 Å². The molecule has 0 fully saturated rings. The largest absolute Gasteiger partial charge is 0.351 e. The molecule has 0 aliphatic carbocycles. The van der Waals surface area contributed by atoms with E-state index in [9.17, 15) is 4.79 Å². The van der Waals surface area contributed by atoms with Crippen LogP contribution in [0.5, 0.6) is 0 Å². The first-order valence-electron chi connectivity index (χ1n) is 5.41. The molecule has 0 aliphatic rings. The molecule has 0 spiro atoms. The van der Waals surface area contributed by atoms with Crippen LogP contribution in [0.4, 0.5) is 0 Å². The predicted molar refractivity (Wildman–Crippen MR) is 76.1 cm³/mol. The maximum atomic E-state index is 11.6. The minimum atomic E-state index is -0.396. The lowest BCUT2D eigenvalue weighted by Crippen LogP contribution is -2.40. The van der Waals surface area contributed by atoms with E-state index in [2.05, 4.69) is 21.2 Å². The third-order valence-corrected chi connectivity index (χ3v) is 3.12. The summed E-state index contributed by atoms with van der Waals surface area (Å²) in [6.45, 7) is 2.53. The highest BCUT2D eigenvalue weighted by atomic mass is 79.9. The Balaban J connectivity index is 0.00000256. The van der Waals surface area contributed by atoms with Crippen molar-refractivity contribution in [1.82, 2.24) is 5.32 Å². The van der Waals surface area contributed by atoms with Crippen molar-refractivity contribution in [2.45, 2.75) is 32.4 Å². The van der Waals surface area contributed by atoms with Gasteiger partial charge in [-0.2, -0.15) is 0 Å². The Hall–Kier alpha value is -0.580. The van der Waals surface area contributed by atoms with Crippen LogP contribution in [-0.2, 0) is 11.3 Å². The van der Waals surface area contributed by atoms with E-state index < -0.39 is 6.04 Å². The molecule has 0 saturated carbocycles. The molecule has 96 valence electrons. The Bertz CT molecular complexity index is 360. The van der Waals surface area contributed by atoms with Gasteiger partial charge in [0.2, 0.25) is 5.91 Å². The van der Waals surface area contributed by atoms with Gasteiger partial charge in [-0.05, 0) is 18.1 Å². The summed E-state index contributed by atoms with van der Waals surface area (Å²) in [5, 5.41) is 2.83. The third-order valence-electron chi connectivity index (χ3n) is 2.35. The number of benzene rings is 1. The van der Waals surface area contributed by atoms with Crippen molar-refractivity contribution in [2.75, 3.05) is 0 Å². The Morgan fingerprint density at radius 3 is 2.71 bits per heavy atom. The minimum Gasteiger partial charge on any atom is -0.351 e. The van der Waals surface area contributed by atoms with Crippen LogP contribution < -0.4 is 11.1 Å². The second kappa shape index (κ2) is 8.50. The van der Waals surface area contributed by atoms with E-state index in [1.807, 2.05) is 31.2 Å². The van der Waals surface area contributed by atoms with Gasteiger partial charge >= 0.3 is 0 Å². The summed E-state index contributed by atoms with van der Waals surface area (Å²) in [7, 11) is 0. The Labute approximate surface area is 117 Å². The van der Waals surface area contributed by atoms with E-state index in [0.29, 0.717) is 6.54 Å². The quantitative estimate of drug-likeness (QED) is 0.876. The maximum Gasteiger partial charge on any atom is 0.237 e. The average molecular weight is 322 g/mol. The first kappa shape index (κ1) is 16.4. The molecule has 3 N–H and O–H groups in total. The van der Waals surface area contributed by atoms with Crippen LogP contribution >= 0.6 is 28.3 Å². The third kappa shape index (κ3) is 5.52. The summed E-state index contributed by atoms with van der Waals surface area (Å²) in [5.74, 6) is -0.0856. The summed E-state index contributed by atoms with van der Waals surface area (Å²) < 4.78 is 0.999. The van der Waals surface area contributed by atoms with E-state index in [0.717, 1.165) is 22.9 Å². The van der Waals surface area contributed by atoms with Crippen LogP contribution in [0.1, 0.15) is 25.3 Å². The van der Waals surface area contributed by atoms with Crippen molar-refractivity contribution in [1.29, 1.82) is 0 Å². The average Bonchev–Trinajstić information content (AvgIpc) is 2.28. The van der Waals surface area contributed by atoms with E-state index in [4.69, 9.17) is 5.73 Å². The van der Waals surface area contributed by atoms with Gasteiger partial charge in [0, 0.05) is 11.0 Å². The van der Waals surface area contributed by atoms with Gasteiger partial charge in [0.05, 0.1) is 6.04 Å². The fourth-order valence-corrected chi connectivity index (χ4v) is 1.82. The monoisotopic (exact) mass is 320 g/mol. The minimum absolute atomic E-state index is 0. The van der Waals surface area contributed by atoms with Gasteiger partial charge in [0.15, 0.2) is 0 Å². The van der Waals surface area contributed by atoms with Gasteiger partial charge in [0.1, 0.15) is 0 Å². The van der Waals surface area contributed by atoms with Crippen LogP contribution in [0.25, 0.3) is 0 Å². The molecule has 1 atom stereocenters. The van der Waals surface area contributed by atoms with Crippen LogP contribution in [0, 0.1) is 0 Å². The Morgan fingerprint density at radius 1 is 1.47 bits per heavy atom. The molecule has 17 heavy (non-hydrogen) atoms. The topological polar surface area (TPSA) is 55.1 Å². The summed E-state index contributed by atoms with van der Waals surface area (Å²) in [6, 6.07) is 7.41. The van der Waals surface area contributed by atoms with Crippen molar-refractivity contribution in [3.63, 3.8) is 0 Å². The van der Waals surface area contributed by atoms with Crippen molar-refractivity contribution in [3.05, 3.63) is 34.3 Å². The highest BCUT2D eigenvalue weighted by Gasteiger charge is 2.11. The zero-order valence-corrected chi connectivity index (χ0v) is 12.2. The van der Waals surface area contributed by atoms with E-state index in [-0.39, 0.29) is 18.3 Å². The smallest absolute Gasteiger partial charge is 0.237 e. The number of nitrogens with one attached hydrogen (secondary N) is 1. The van der Waals surface area contributed by atoms with E-state index in [1.54, 1.807) is 0 Å². The molecule has 1 aromatic rings. The van der Waals surface area contributed by atoms with Crippen LogP contribution in [-0.4, -0.2) is 11.9 Å². The highest BCUT2D eigenvalue weighted by Crippen LogP contribution is 2.15. The SMILES string of the molecule is CCCC(N)C(=O)NCc1ccccc1Br.Cl. The summed E-state index contributed by atoms with van der Waals surface area (Å²) in [5.41, 5.74) is 6.76. The van der Waals surface area contributed by atoms with Crippen molar-refractivity contribution >= 4 is 34.2 Å². The fraction of sp³-hybridized carbons (Fsp3) is 0.417. The molecular weight excluding hydrogens is 304 g/mol. The first-order chi connectivity index (χ1) is 7.65. The lowest BCUT2D eigenvalue weighted by Gasteiger charge is -2.11. The van der Waals surface area contributed by atoms with Gasteiger partial charge in [-0.25, -0.2) is 0 Å². The first-order valence-corrected chi connectivity index (χ1v) is 6.21. The highest BCUT2D eigenvalue weighted by molar-refractivity contribution is 9.10. The molecule has 0 aromatic heterocycles. The standard InChI is InChI=1S/C12H17BrN2O.ClH/c1-2-5-11(14)12(16)15-8-9-6-3-4-7-10(9)13;/h3-4,6-7,11H,2,5,8,14H2,1H3,(H,15,16);1H. The number of rotatable bonds is 5. The van der Waals surface area contributed by atoms with Gasteiger partial charge in [-0.15, -0.1) is 12.4 Å². The molecule has 1 aromatic carbocycles. The number of hydrogen-bond donors (Lipinski definition) is 2. The van der Waals surface area contributed by atoms with Gasteiger partial charge < -0.3 is 11.1 Å². The van der Waals surface area contributed by atoms with E-state index >= 15 is 0 Å². The van der Waals surface area contributed by atoms with Crippen LogP contribution in [0.2, 0.25) is 0 Å². The molecule has 1 unspecified atom stereocenters. The van der Waals surface area contributed by atoms with Crippen LogP contribution in [0.3, 0.4) is 0 Å². The lowest BCUT2D eigenvalue weighted by atomic mass is 10.1. The predicted octanol–water partition coefficient (Wildman–Crippen LogP) is 2.61. The number of amides is 1. The van der Waals surface area contributed by atoms with Crippen molar-refractivity contribution < 1.29 is 4.79 Å². The normalized spacial score (nSPS) is 11.5. The number of halogens is 2. The van der Waals surface area contributed by atoms with Crippen molar-refractivity contribution in [3.8, 4) is 0 Å². The number of carbonyl (C=O) groups excluding carboxylic acids is 1. The molecule has 1 amide bonds. The molecule has 0 bridgehead atoms. The summed E-state index contributed by atoms with van der Waals surface area (Å²) in [4.78, 5) is 11.6. The summed E-state index contributed by atoms with van der Waals surface area (Å²) in [6.07, 6.45) is 1.64. The fourth-order valence-electron chi connectivity index (χ4n) is 1.40. The molecule has 0 heterocycles. The van der Waals surface area contributed by atoms with Crippen LogP contribution in [0.15, 0.2) is 28.7 Å². The zero-order valence-electron chi connectivity index (χ0n) is 9.78. The van der Waals surface area contributed by atoms with Gasteiger partial charge in [0.25, 0.3) is 0 Å². The zero-order chi connectivity index (χ0) is 12.0. The number of carbonyl (C=O) groups is 1.